The molecule has 1 unspecified atom stereocenters. The van der Waals surface area contributed by atoms with Gasteiger partial charge in [-0.3, -0.25) is 14.8 Å². The molecular formula is C10H4F5NO4. The third-order valence-corrected chi connectivity index (χ3v) is 2.51. The van der Waals surface area contributed by atoms with Crippen molar-refractivity contribution in [2.24, 2.45) is 0 Å². The van der Waals surface area contributed by atoms with Crippen molar-refractivity contribution in [3.8, 4) is 5.75 Å². The van der Waals surface area contributed by atoms with Crippen molar-refractivity contribution in [2.75, 3.05) is 0 Å². The highest BCUT2D eigenvalue weighted by atomic mass is 19.2. The van der Waals surface area contributed by atoms with Crippen LogP contribution in [0.25, 0.3) is 0 Å². The number of benzene rings is 1. The summed E-state index contributed by atoms with van der Waals surface area (Å²) in [6, 6.07) is 0. The van der Waals surface area contributed by atoms with Gasteiger partial charge in [0.15, 0.2) is 11.9 Å². The van der Waals surface area contributed by atoms with Gasteiger partial charge in [-0.2, -0.15) is 13.8 Å². The van der Waals surface area contributed by atoms with E-state index in [0.29, 0.717) is 0 Å². The van der Waals surface area contributed by atoms with Gasteiger partial charge in [0.05, 0.1) is 6.42 Å². The molecule has 0 aromatic heterocycles. The van der Waals surface area contributed by atoms with E-state index in [9.17, 15) is 31.5 Å². The van der Waals surface area contributed by atoms with Crippen molar-refractivity contribution in [3.05, 3.63) is 29.1 Å². The van der Waals surface area contributed by atoms with Gasteiger partial charge in [0.1, 0.15) is 0 Å². The molecule has 20 heavy (non-hydrogen) atoms. The number of hydrogen-bond acceptors (Lipinski definition) is 4. The lowest BCUT2D eigenvalue weighted by atomic mass is 10.2. The van der Waals surface area contributed by atoms with Crippen LogP contribution in [0.3, 0.4) is 0 Å². The number of hydroxylamine groups is 2. The Hall–Kier alpha value is -2.23. The van der Waals surface area contributed by atoms with Crippen LogP contribution >= 0.6 is 0 Å². The van der Waals surface area contributed by atoms with Crippen LogP contribution in [-0.2, 0) is 9.59 Å². The number of nitrogens with zero attached hydrogens (tertiary/aromatic N) is 1. The molecule has 0 bridgehead atoms. The molecule has 108 valence electrons. The molecule has 1 atom stereocenters. The number of ether oxygens (including phenoxy) is 1. The Morgan fingerprint density at radius 2 is 1.40 bits per heavy atom. The molecular weight excluding hydrogens is 293 g/mol. The molecule has 5 nitrogen and oxygen atoms in total. The second-order valence-corrected chi connectivity index (χ2v) is 3.75. The van der Waals surface area contributed by atoms with Crippen molar-refractivity contribution in [3.63, 3.8) is 0 Å². The highest BCUT2D eigenvalue weighted by Crippen LogP contribution is 2.31. The van der Waals surface area contributed by atoms with E-state index >= 15 is 0 Å². The SMILES string of the molecule is O=C1CC(Oc2c(F)c(F)c(F)c(F)c2F)C(=O)N1O. The lowest BCUT2D eigenvalue weighted by Gasteiger charge is -2.13. The first kappa shape index (κ1) is 14.2. The number of hydrogen-bond donors (Lipinski definition) is 1. The first-order chi connectivity index (χ1) is 9.25. The van der Waals surface area contributed by atoms with E-state index < -0.39 is 59.2 Å². The fraction of sp³-hybridized carbons (Fsp3) is 0.200. The second kappa shape index (κ2) is 4.71. The molecule has 1 aliphatic heterocycles. The van der Waals surface area contributed by atoms with Crippen molar-refractivity contribution in [2.45, 2.75) is 12.5 Å². The summed E-state index contributed by atoms with van der Waals surface area (Å²) in [6.45, 7) is 0. The molecule has 0 saturated carbocycles. The van der Waals surface area contributed by atoms with Crippen LogP contribution in [-0.4, -0.2) is 28.2 Å². The summed E-state index contributed by atoms with van der Waals surface area (Å²) in [4.78, 5) is 22.1. The summed E-state index contributed by atoms with van der Waals surface area (Å²) >= 11 is 0. The van der Waals surface area contributed by atoms with E-state index in [1.807, 2.05) is 0 Å². The van der Waals surface area contributed by atoms with Crippen LogP contribution in [0, 0.1) is 29.1 Å². The van der Waals surface area contributed by atoms with Gasteiger partial charge in [0, 0.05) is 0 Å². The fourth-order valence-corrected chi connectivity index (χ4v) is 1.51. The Morgan fingerprint density at radius 3 is 1.80 bits per heavy atom. The van der Waals surface area contributed by atoms with Gasteiger partial charge in [-0.1, -0.05) is 0 Å². The lowest BCUT2D eigenvalue weighted by Crippen LogP contribution is -2.31. The van der Waals surface area contributed by atoms with E-state index in [1.165, 1.54) is 0 Å². The average Bonchev–Trinajstić information content (AvgIpc) is 2.66. The second-order valence-electron chi connectivity index (χ2n) is 3.75. The van der Waals surface area contributed by atoms with Gasteiger partial charge in [-0.05, 0) is 0 Å². The van der Waals surface area contributed by atoms with Crippen LogP contribution in [0.5, 0.6) is 5.75 Å². The normalized spacial score (nSPS) is 18.9. The maximum atomic E-state index is 13.3. The predicted molar refractivity (Wildman–Crippen MR) is 48.9 cm³/mol. The molecule has 0 aliphatic carbocycles. The number of halogens is 5. The van der Waals surface area contributed by atoms with Gasteiger partial charge in [0.25, 0.3) is 11.8 Å². The molecule has 2 rings (SSSR count). The minimum Gasteiger partial charge on any atom is -0.474 e. The number of rotatable bonds is 2. The molecule has 0 radical (unpaired) electrons. The predicted octanol–water partition coefficient (Wildman–Crippen LogP) is 1.28. The molecule has 1 aromatic carbocycles. The van der Waals surface area contributed by atoms with E-state index in [4.69, 9.17) is 5.21 Å². The van der Waals surface area contributed by atoms with E-state index in [-0.39, 0.29) is 5.06 Å². The topological polar surface area (TPSA) is 66.8 Å². The highest BCUT2D eigenvalue weighted by Gasteiger charge is 2.41. The van der Waals surface area contributed by atoms with Crippen LogP contribution in [0.1, 0.15) is 6.42 Å². The standard InChI is InChI=1S/C10H4F5NO4/c11-4-5(12)7(14)9(8(15)6(4)13)20-2-1-3(17)16(19)10(2)18/h2,19H,1H2. The number of carbonyl (C=O) groups is 2. The summed E-state index contributed by atoms with van der Waals surface area (Å²) in [5, 5.41) is 8.50. The van der Waals surface area contributed by atoms with E-state index in [2.05, 4.69) is 4.74 Å². The maximum Gasteiger partial charge on any atom is 0.294 e. The molecule has 1 aromatic rings. The Morgan fingerprint density at radius 1 is 0.950 bits per heavy atom. The molecule has 1 fully saturated rings. The van der Waals surface area contributed by atoms with Crippen molar-refractivity contribution < 1.29 is 41.5 Å². The summed E-state index contributed by atoms with van der Waals surface area (Å²) in [5.74, 6) is -15.7. The van der Waals surface area contributed by atoms with Crippen LogP contribution in [0.15, 0.2) is 0 Å². The third-order valence-electron chi connectivity index (χ3n) is 2.51. The van der Waals surface area contributed by atoms with E-state index in [0.717, 1.165) is 0 Å². The van der Waals surface area contributed by atoms with Crippen molar-refractivity contribution in [1.29, 1.82) is 0 Å². The van der Waals surface area contributed by atoms with Gasteiger partial charge >= 0.3 is 0 Å². The van der Waals surface area contributed by atoms with Crippen LogP contribution in [0.2, 0.25) is 0 Å². The molecule has 10 heteroatoms. The van der Waals surface area contributed by atoms with E-state index in [1.54, 1.807) is 0 Å². The van der Waals surface area contributed by atoms with Gasteiger partial charge in [0.2, 0.25) is 29.1 Å². The minimum atomic E-state index is -2.38. The van der Waals surface area contributed by atoms with Crippen molar-refractivity contribution in [1.82, 2.24) is 5.06 Å². The Balaban J connectivity index is 2.41. The Labute approximate surface area is 107 Å². The smallest absolute Gasteiger partial charge is 0.294 e. The quantitative estimate of drug-likeness (QED) is 0.293. The maximum absolute atomic E-state index is 13.3. The first-order valence-corrected chi connectivity index (χ1v) is 4.99. The monoisotopic (exact) mass is 297 g/mol. The van der Waals surface area contributed by atoms with Crippen LogP contribution < -0.4 is 4.74 Å². The van der Waals surface area contributed by atoms with Gasteiger partial charge < -0.3 is 4.74 Å². The van der Waals surface area contributed by atoms with Gasteiger partial charge in [-0.15, -0.1) is 0 Å². The zero-order valence-electron chi connectivity index (χ0n) is 9.29. The molecule has 1 aliphatic rings. The molecule has 1 heterocycles. The highest BCUT2D eigenvalue weighted by molar-refractivity contribution is 6.03. The zero-order chi connectivity index (χ0) is 15.2. The first-order valence-electron chi connectivity index (χ1n) is 4.99. The summed E-state index contributed by atoms with van der Waals surface area (Å²) in [7, 11) is 0. The fourth-order valence-electron chi connectivity index (χ4n) is 1.51. The van der Waals surface area contributed by atoms with Gasteiger partial charge in [-0.25, -0.2) is 13.2 Å². The molecule has 2 amide bonds. The average molecular weight is 297 g/mol. The Bertz CT molecular complexity index is 591. The Kier molecular flexibility index (Phi) is 3.34. The summed E-state index contributed by atoms with van der Waals surface area (Å²) in [6.07, 6.45) is -2.67. The zero-order valence-corrected chi connectivity index (χ0v) is 9.29. The molecule has 1 N–H and O–H groups in total. The van der Waals surface area contributed by atoms with Crippen molar-refractivity contribution >= 4 is 11.8 Å². The number of amides is 2. The minimum absolute atomic E-state index is 0.364. The third kappa shape index (κ3) is 1.97. The summed E-state index contributed by atoms with van der Waals surface area (Å²) < 4.78 is 69.4. The number of carbonyl (C=O) groups excluding carboxylic acids is 2. The number of imide groups is 1. The van der Waals surface area contributed by atoms with Crippen LogP contribution in [0.4, 0.5) is 22.0 Å². The molecule has 1 saturated heterocycles. The lowest BCUT2D eigenvalue weighted by molar-refractivity contribution is -0.173. The largest absolute Gasteiger partial charge is 0.474 e. The molecule has 0 spiro atoms. The summed E-state index contributed by atoms with van der Waals surface area (Å²) in [5.41, 5.74) is 0.